The van der Waals surface area contributed by atoms with Crippen LogP contribution < -0.4 is 10.6 Å². The van der Waals surface area contributed by atoms with E-state index < -0.39 is 0 Å². The molecule has 2 N–H and O–H groups in total. The summed E-state index contributed by atoms with van der Waals surface area (Å²) in [7, 11) is 0. The van der Waals surface area contributed by atoms with Gasteiger partial charge in [0.25, 0.3) is 11.8 Å². The Balaban J connectivity index is 1.52. The van der Waals surface area contributed by atoms with E-state index in [0.717, 1.165) is 30.9 Å². The molecule has 0 bridgehead atoms. The van der Waals surface area contributed by atoms with E-state index in [1.165, 1.54) is 30.6 Å². The van der Waals surface area contributed by atoms with Crippen LogP contribution in [0.5, 0.6) is 0 Å². The Labute approximate surface area is 175 Å². The summed E-state index contributed by atoms with van der Waals surface area (Å²) < 4.78 is 0. The van der Waals surface area contributed by atoms with Crippen molar-refractivity contribution in [2.24, 2.45) is 0 Å². The number of hydrogen-bond donors (Lipinski definition) is 2. The smallest absolute Gasteiger partial charge is 0.286 e. The summed E-state index contributed by atoms with van der Waals surface area (Å²) in [5, 5.41) is 15.0. The second-order valence-corrected chi connectivity index (χ2v) is 8.48. The molecule has 1 atom stereocenters. The van der Waals surface area contributed by atoms with Gasteiger partial charge < -0.3 is 10.6 Å². The van der Waals surface area contributed by atoms with E-state index in [1.54, 1.807) is 24.3 Å². The molecule has 156 valence electrons. The van der Waals surface area contributed by atoms with E-state index >= 15 is 0 Å². The van der Waals surface area contributed by atoms with Crippen molar-refractivity contribution in [2.75, 3.05) is 25.0 Å². The summed E-state index contributed by atoms with van der Waals surface area (Å²) in [5.41, 5.74) is 1.10. The van der Waals surface area contributed by atoms with Gasteiger partial charge in [0.2, 0.25) is 5.01 Å². The van der Waals surface area contributed by atoms with Gasteiger partial charge in [0.1, 0.15) is 5.01 Å². The summed E-state index contributed by atoms with van der Waals surface area (Å²) in [4.78, 5) is 27.3. The molecule has 1 aromatic heterocycles. The van der Waals surface area contributed by atoms with E-state index in [4.69, 9.17) is 0 Å². The molecule has 1 aromatic carbocycles. The molecule has 1 saturated heterocycles. The number of anilines is 1. The third kappa shape index (κ3) is 6.08. The molecule has 0 radical (unpaired) electrons. The highest BCUT2D eigenvalue weighted by atomic mass is 32.1. The number of carbonyl (C=O) groups is 2. The standard InChI is InChI=1S/C21H29N5O2S/c1-3-7-18-24-25-21(29-18)20(28)23-17-10-6-9-16(14-17)19(27)22-11-13-26-12-5-4-8-15(26)2/h6,9-10,14-15H,3-5,7-8,11-13H2,1-2H3,(H,22,27)(H,23,28)/t15-/m1/s1. The SMILES string of the molecule is CCCc1nnc(C(=O)Nc2cccc(C(=O)NCCN3CCCC[C@H]3C)c2)s1. The van der Waals surface area contributed by atoms with E-state index in [0.29, 0.717) is 28.8 Å². The lowest BCUT2D eigenvalue weighted by atomic mass is 10.0. The van der Waals surface area contributed by atoms with Gasteiger partial charge in [-0.05, 0) is 50.9 Å². The van der Waals surface area contributed by atoms with Crippen LogP contribution in [-0.4, -0.2) is 52.6 Å². The van der Waals surface area contributed by atoms with Gasteiger partial charge in [-0.1, -0.05) is 30.7 Å². The van der Waals surface area contributed by atoms with Gasteiger partial charge in [0, 0.05) is 36.8 Å². The van der Waals surface area contributed by atoms with Crippen molar-refractivity contribution in [1.29, 1.82) is 0 Å². The number of nitrogens with zero attached hydrogens (tertiary/aromatic N) is 3. The first kappa shape index (κ1) is 21.4. The number of benzene rings is 1. The average molecular weight is 416 g/mol. The van der Waals surface area contributed by atoms with Gasteiger partial charge >= 0.3 is 0 Å². The van der Waals surface area contributed by atoms with Crippen LogP contribution in [0.25, 0.3) is 0 Å². The molecule has 7 nitrogen and oxygen atoms in total. The molecule has 0 aliphatic carbocycles. The third-order valence-electron chi connectivity index (χ3n) is 5.13. The van der Waals surface area contributed by atoms with Crippen molar-refractivity contribution < 1.29 is 9.59 Å². The molecule has 2 amide bonds. The number of aryl methyl sites for hydroxylation is 1. The van der Waals surface area contributed by atoms with Crippen LogP contribution in [0.15, 0.2) is 24.3 Å². The minimum Gasteiger partial charge on any atom is -0.351 e. The Bertz CT molecular complexity index is 838. The molecule has 0 unspecified atom stereocenters. The van der Waals surface area contributed by atoms with Gasteiger partial charge in [-0.3, -0.25) is 14.5 Å². The number of carbonyl (C=O) groups excluding carboxylic acids is 2. The number of amides is 2. The Morgan fingerprint density at radius 2 is 2.10 bits per heavy atom. The normalized spacial score (nSPS) is 17.1. The maximum Gasteiger partial charge on any atom is 0.286 e. The maximum absolute atomic E-state index is 12.5. The summed E-state index contributed by atoms with van der Waals surface area (Å²) in [6, 6.07) is 7.54. The Morgan fingerprint density at radius 3 is 2.90 bits per heavy atom. The number of nitrogens with one attached hydrogen (secondary N) is 2. The lowest BCUT2D eigenvalue weighted by Crippen LogP contribution is -2.42. The van der Waals surface area contributed by atoms with Gasteiger partial charge in [-0.2, -0.15) is 0 Å². The van der Waals surface area contributed by atoms with Crippen molar-refractivity contribution in [2.45, 2.75) is 52.0 Å². The Kier molecular flexibility index (Phi) is 7.71. The van der Waals surface area contributed by atoms with Crippen molar-refractivity contribution in [3.05, 3.63) is 39.8 Å². The summed E-state index contributed by atoms with van der Waals surface area (Å²) >= 11 is 1.30. The molecule has 2 aromatic rings. The number of piperidine rings is 1. The molecular weight excluding hydrogens is 386 g/mol. The van der Waals surface area contributed by atoms with Gasteiger partial charge in [0.15, 0.2) is 0 Å². The second-order valence-electron chi connectivity index (χ2n) is 7.42. The zero-order chi connectivity index (χ0) is 20.6. The summed E-state index contributed by atoms with van der Waals surface area (Å²) in [5.74, 6) is -0.437. The minimum atomic E-state index is -0.304. The Morgan fingerprint density at radius 1 is 1.24 bits per heavy atom. The number of aromatic nitrogens is 2. The fraction of sp³-hybridized carbons (Fsp3) is 0.524. The summed E-state index contributed by atoms with van der Waals surface area (Å²) in [6.07, 6.45) is 5.53. The highest BCUT2D eigenvalue weighted by molar-refractivity contribution is 7.13. The molecule has 1 aliphatic heterocycles. The van der Waals surface area contributed by atoms with Crippen LogP contribution in [0.1, 0.15) is 64.7 Å². The topological polar surface area (TPSA) is 87.2 Å². The molecule has 1 fully saturated rings. The zero-order valence-corrected chi connectivity index (χ0v) is 17.9. The first-order valence-electron chi connectivity index (χ1n) is 10.3. The molecule has 29 heavy (non-hydrogen) atoms. The lowest BCUT2D eigenvalue weighted by molar-refractivity contribution is 0.0937. The van der Waals surface area contributed by atoms with Crippen LogP contribution in [-0.2, 0) is 6.42 Å². The molecule has 0 saturated carbocycles. The van der Waals surface area contributed by atoms with Crippen LogP contribution in [0, 0.1) is 0 Å². The van der Waals surface area contributed by atoms with E-state index in [2.05, 4.69) is 39.6 Å². The van der Waals surface area contributed by atoms with Crippen LogP contribution in [0.3, 0.4) is 0 Å². The van der Waals surface area contributed by atoms with E-state index in [1.807, 2.05) is 0 Å². The second kappa shape index (κ2) is 10.5. The quantitative estimate of drug-likeness (QED) is 0.690. The van der Waals surface area contributed by atoms with Crippen LogP contribution in [0.2, 0.25) is 0 Å². The maximum atomic E-state index is 12.5. The van der Waals surface area contributed by atoms with Gasteiger partial charge in [0.05, 0.1) is 0 Å². The minimum absolute atomic E-state index is 0.132. The molecule has 1 aliphatic rings. The predicted molar refractivity (Wildman–Crippen MR) is 116 cm³/mol. The average Bonchev–Trinajstić information content (AvgIpc) is 3.19. The molecular formula is C21H29N5O2S. The Hall–Kier alpha value is -2.32. The molecule has 2 heterocycles. The van der Waals surface area contributed by atoms with Gasteiger partial charge in [-0.15, -0.1) is 10.2 Å². The fourth-order valence-electron chi connectivity index (χ4n) is 3.49. The third-order valence-corrected chi connectivity index (χ3v) is 6.11. The van der Waals surface area contributed by atoms with Crippen LogP contribution >= 0.6 is 11.3 Å². The first-order chi connectivity index (χ1) is 14.1. The number of hydrogen-bond acceptors (Lipinski definition) is 6. The van der Waals surface area contributed by atoms with Crippen molar-refractivity contribution >= 4 is 28.8 Å². The van der Waals surface area contributed by atoms with E-state index in [9.17, 15) is 9.59 Å². The molecule has 8 heteroatoms. The first-order valence-corrected chi connectivity index (χ1v) is 11.1. The zero-order valence-electron chi connectivity index (χ0n) is 17.1. The largest absolute Gasteiger partial charge is 0.351 e. The lowest BCUT2D eigenvalue weighted by Gasteiger charge is -2.33. The summed E-state index contributed by atoms with van der Waals surface area (Å²) in [6.45, 7) is 6.89. The fourth-order valence-corrected chi connectivity index (χ4v) is 4.32. The predicted octanol–water partition coefficient (Wildman–Crippen LogP) is 3.35. The highest BCUT2D eigenvalue weighted by Gasteiger charge is 2.18. The van der Waals surface area contributed by atoms with Crippen molar-refractivity contribution in [3.63, 3.8) is 0 Å². The monoisotopic (exact) mass is 415 g/mol. The molecule has 3 rings (SSSR count). The van der Waals surface area contributed by atoms with E-state index in [-0.39, 0.29) is 11.8 Å². The van der Waals surface area contributed by atoms with Crippen molar-refractivity contribution in [3.8, 4) is 0 Å². The van der Waals surface area contributed by atoms with Crippen molar-refractivity contribution in [1.82, 2.24) is 20.4 Å². The van der Waals surface area contributed by atoms with Gasteiger partial charge in [-0.25, -0.2) is 0 Å². The number of rotatable bonds is 8. The number of likely N-dealkylation sites (tertiary alicyclic amines) is 1. The highest BCUT2D eigenvalue weighted by Crippen LogP contribution is 2.17. The molecule has 0 spiro atoms. The van der Waals surface area contributed by atoms with Crippen LogP contribution in [0.4, 0.5) is 5.69 Å².